The third-order valence-electron chi connectivity index (χ3n) is 4.41. The van der Waals surface area contributed by atoms with Gasteiger partial charge in [0.25, 0.3) is 0 Å². The van der Waals surface area contributed by atoms with Gasteiger partial charge in [0.2, 0.25) is 0 Å². The maximum Gasteiger partial charge on any atom is 0.434 e. The van der Waals surface area contributed by atoms with Crippen molar-refractivity contribution >= 4 is 17.3 Å². The van der Waals surface area contributed by atoms with Gasteiger partial charge in [-0.05, 0) is 44.7 Å². The van der Waals surface area contributed by atoms with Gasteiger partial charge in [0.1, 0.15) is 5.01 Å². The minimum absolute atomic E-state index is 0.228. The number of thiazole rings is 1. The monoisotopic (exact) mass is 391 g/mol. The van der Waals surface area contributed by atoms with E-state index in [1.54, 1.807) is 7.05 Å². The van der Waals surface area contributed by atoms with Gasteiger partial charge in [0.15, 0.2) is 11.7 Å². The molecule has 0 aromatic carbocycles. The van der Waals surface area contributed by atoms with Crippen LogP contribution in [0.25, 0.3) is 0 Å². The van der Waals surface area contributed by atoms with Crippen molar-refractivity contribution in [3.8, 4) is 0 Å². The lowest BCUT2D eigenvalue weighted by molar-refractivity contribution is -0.140. The average molecular weight is 392 g/mol. The summed E-state index contributed by atoms with van der Waals surface area (Å²) in [7, 11) is 1.65. The van der Waals surface area contributed by atoms with E-state index in [2.05, 4.69) is 32.4 Å². The van der Waals surface area contributed by atoms with Crippen molar-refractivity contribution in [3.63, 3.8) is 0 Å². The number of guanidine groups is 1. The third-order valence-corrected chi connectivity index (χ3v) is 5.26. The van der Waals surface area contributed by atoms with Crippen LogP contribution < -0.4 is 10.6 Å². The number of hydrogen-bond donors (Lipinski definition) is 2. The van der Waals surface area contributed by atoms with Gasteiger partial charge in [0, 0.05) is 25.5 Å². The van der Waals surface area contributed by atoms with Crippen LogP contribution in [0.15, 0.2) is 10.4 Å². The molecule has 1 aliphatic heterocycles. The van der Waals surface area contributed by atoms with E-state index in [1.807, 2.05) is 0 Å². The normalized spacial score (nSPS) is 19.6. The minimum Gasteiger partial charge on any atom is -0.356 e. The number of nitrogens with zero attached hydrogens (tertiary/aromatic N) is 3. The summed E-state index contributed by atoms with van der Waals surface area (Å²) < 4.78 is 37.6. The summed E-state index contributed by atoms with van der Waals surface area (Å²) in [6, 6.07) is 0. The molecule has 1 aliphatic rings. The number of likely N-dealkylation sites (tertiary alicyclic amines) is 1. The summed E-state index contributed by atoms with van der Waals surface area (Å²) in [4.78, 5) is 10.2. The van der Waals surface area contributed by atoms with Crippen molar-refractivity contribution in [2.75, 3.05) is 33.2 Å². The molecular weight excluding hydrogens is 363 g/mol. The number of alkyl halides is 3. The van der Waals surface area contributed by atoms with E-state index in [0.717, 1.165) is 48.6 Å². The van der Waals surface area contributed by atoms with Crippen molar-refractivity contribution in [2.45, 2.75) is 45.3 Å². The molecule has 26 heavy (non-hydrogen) atoms. The molecular formula is C17H28F3N5S. The topological polar surface area (TPSA) is 52.6 Å². The standard InChI is InChI=1S/C17H28F3N5S/c1-13-6-5-9-25(11-13)8-4-3-7-22-16(21-2)23-10-15-24-14(12-26-15)17(18,19)20/h12-13H,3-11H2,1-2H3,(H2,21,22,23). The highest BCUT2D eigenvalue weighted by atomic mass is 32.1. The predicted octanol–water partition coefficient (Wildman–Crippen LogP) is 3.34. The van der Waals surface area contributed by atoms with E-state index in [9.17, 15) is 13.2 Å². The molecule has 2 rings (SSSR count). The molecule has 0 radical (unpaired) electrons. The number of halogens is 3. The van der Waals surface area contributed by atoms with Gasteiger partial charge in [-0.15, -0.1) is 11.3 Å². The van der Waals surface area contributed by atoms with E-state index in [-0.39, 0.29) is 6.54 Å². The molecule has 1 aromatic rings. The Balaban J connectivity index is 1.61. The first-order valence-electron chi connectivity index (χ1n) is 9.07. The van der Waals surface area contributed by atoms with Crippen LogP contribution in [0.5, 0.6) is 0 Å². The second kappa shape index (κ2) is 10.1. The van der Waals surface area contributed by atoms with Gasteiger partial charge in [-0.25, -0.2) is 4.98 Å². The highest BCUT2D eigenvalue weighted by Gasteiger charge is 2.33. The molecule has 1 atom stereocenters. The quantitative estimate of drug-likeness (QED) is 0.425. The smallest absolute Gasteiger partial charge is 0.356 e. The van der Waals surface area contributed by atoms with E-state index in [4.69, 9.17) is 0 Å². The van der Waals surface area contributed by atoms with E-state index >= 15 is 0 Å². The second-order valence-corrected chi connectivity index (χ2v) is 7.67. The molecule has 9 heteroatoms. The Morgan fingerprint density at radius 2 is 2.19 bits per heavy atom. The summed E-state index contributed by atoms with van der Waals surface area (Å²) in [6.45, 7) is 6.85. The van der Waals surface area contributed by atoms with Crippen LogP contribution in [0.4, 0.5) is 13.2 Å². The van der Waals surface area contributed by atoms with Gasteiger partial charge in [-0.2, -0.15) is 13.2 Å². The number of unbranched alkanes of at least 4 members (excludes halogenated alkanes) is 1. The Kier molecular flexibility index (Phi) is 8.15. The molecule has 1 fully saturated rings. The summed E-state index contributed by atoms with van der Waals surface area (Å²) >= 11 is 0.995. The molecule has 2 N–H and O–H groups in total. The zero-order valence-corrected chi connectivity index (χ0v) is 16.2. The highest BCUT2D eigenvalue weighted by Crippen LogP contribution is 2.29. The van der Waals surface area contributed by atoms with Gasteiger partial charge in [0.05, 0.1) is 6.54 Å². The Hall–Kier alpha value is -1.35. The van der Waals surface area contributed by atoms with Crippen LogP contribution >= 0.6 is 11.3 Å². The van der Waals surface area contributed by atoms with Crippen molar-refractivity contribution in [1.82, 2.24) is 20.5 Å². The van der Waals surface area contributed by atoms with Gasteiger partial charge in [-0.1, -0.05) is 6.92 Å². The summed E-state index contributed by atoms with van der Waals surface area (Å²) in [5.41, 5.74) is -0.839. The molecule has 2 heterocycles. The molecule has 0 amide bonds. The van der Waals surface area contributed by atoms with E-state index in [1.165, 1.54) is 25.9 Å². The van der Waals surface area contributed by atoms with Crippen LogP contribution in [0.3, 0.4) is 0 Å². The molecule has 1 saturated heterocycles. The van der Waals surface area contributed by atoms with Gasteiger partial charge in [-0.3, -0.25) is 4.99 Å². The zero-order valence-electron chi connectivity index (χ0n) is 15.4. The van der Waals surface area contributed by atoms with Crippen LogP contribution in [-0.4, -0.2) is 49.1 Å². The Morgan fingerprint density at radius 3 is 2.85 bits per heavy atom. The van der Waals surface area contributed by atoms with Gasteiger partial charge < -0.3 is 15.5 Å². The Morgan fingerprint density at radius 1 is 1.38 bits per heavy atom. The van der Waals surface area contributed by atoms with E-state index in [0.29, 0.717) is 11.0 Å². The molecule has 0 saturated carbocycles. The minimum atomic E-state index is -4.39. The number of aliphatic imine (C=N–C) groups is 1. The third kappa shape index (κ3) is 7.11. The second-order valence-electron chi connectivity index (χ2n) is 6.73. The Bertz CT molecular complexity index is 573. The lowest BCUT2D eigenvalue weighted by Crippen LogP contribution is -2.38. The fourth-order valence-electron chi connectivity index (χ4n) is 3.06. The van der Waals surface area contributed by atoms with Crippen molar-refractivity contribution in [1.29, 1.82) is 0 Å². The number of nitrogens with one attached hydrogen (secondary N) is 2. The highest BCUT2D eigenvalue weighted by molar-refractivity contribution is 7.09. The first kappa shape index (κ1) is 21.0. The number of piperidine rings is 1. The maximum absolute atomic E-state index is 12.5. The number of aromatic nitrogens is 1. The average Bonchev–Trinajstić information content (AvgIpc) is 3.07. The predicted molar refractivity (Wildman–Crippen MR) is 99.4 cm³/mol. The van der Waals surface area contributed by atoms with Crippen LogP contribution in [0, 0.1) is 5.92 Å². The lowest BCUT2D eigenvalue weighted by atomic mass is 10.0. The molecule has 5 nitrogen and oxygen atoms in total. The van der Waals surface area contributed by atoms with Crippen molar-refractivity contribution in [2.24, 2.45) is 10.9 Å². The number of rotatable bonds is 7. The van der Waals surface area contributed by atoms with E-state index < -0.39 is 11.9 Å². The first-order valence-corrected chi connectivity index (χ1v) is 9.95. The van der Waals surface area contributed by atoms with Crippen LogP contribution in [0.1, 0.15) is 43.3 Å². The van der Waals surface area contributed by atoms with Crippen LogP contribution in [0.2, 0.25) is 0 Å². The van der Waals surface area contributed by atoms with Crippen LogP contribution in [-0.2, 0) is 12.7 Å². The molecule has 0 bridgehead atoms. The molecule has 0 aliphatic carbocycles. The summed E-state index contributed by atoms with van der Waals surface area (Å²) in [5, 5.41) is 7.63. The number of hydrogen-bond acceptors (Lipinski definition) is 4. The SMILES string of the molecule is CN=C(NCCCCN1CCCC(C)C1)NCc1nc(C(F)(F)F)cs1. The first-order chi connectivity index (χ1) is 12.4. The maximum atomic E-state index is 12.5. The fraction of sp³-hybridized carbons (Fsp3) is 0.765. The summed E-state index contributed by atoms with van der Waals surface area (Å²) in [5.74, 6) is 1.38. The molecule has 148 valence electrons. The molecule has 1 unspecified atom stereocenters. The summed E-state index contributed by atoms with van der Waals surface area (Å²) in [6.07, 6.45) is 0.395. The molecule has 1 aromatic heterocycles. The van der Waals surface area contributed by atoms with Gasteiger partial charge >= 0.3 is 6.18 Å². The fourth-order valence-corrected chi connectivity index (χ4v) is 3.80. The van der Waals surface area contributed by atoms with Crippen molar-refractivity contribution < 1.29 is 13.2 Å². The molecule has 0 spiro atoms. The Labute approximate surface area is 157 Å². The van der Waals surface area contributed by atoms with Crippen molar-refractivity contribution in [3.05, 3.63) is 16.1 Å². The zero-order chi connectivity index (χ0) is 19.0. The lowest BCUT2D eigenvalue weighted by Gasteiger charge is -2.30. The largest absolute Gasteiger partial charge is 0.434 e.